The van der Waals surface area contributed by atoms with Gasteiger partial charge in [0.05, 0.1) is 48.5 Å². The number of amides is 1. The van der Waals surface area contributed by atoms with Crippen molar-refractivity contribution in [2.45, 2.75) is 33.0 Å². The van der Waals surface area contributed by atoms with Crippen LogP contribution in [0.4, 0.5) is 0 Å². The molecule has 4 rings (SSSR count). The summed E-state index contributed by atoms with van der Waals surface area (Å²) in [6.45, 7) is 5.83. The van der Waals surface area contributed by atoms with E-state index in [0.29, 0.717) is 32.1 Å². The molecule has 0 spiro atoms. The molecule has 0 aromatic carbocycles. The Bertz CT molecular complexity index is 913. The smallest absolute Gasteiger partial charge is 0.290 e. The minimum absolute atomic E-state index is 0.0345. The maximum atomic E-state index is 12.8. The summed E-state index contributed by atoms with van der Waals surface area (Å²) in [4.78, 5) is 19.0. The van der Waals surface area contributed by atoms with E-state index in [2.05, 4.69) is 10.1 Å². The number of thiazole rings is 1. The summed E-state index contributed by atoms with van der Waals surface area (Å²) in [6, 6.07) is 3.70. The summed E-state index contributed by atoms with van der Waals surface area (Å²) in [7, 11) is 0. The molecule has 1 atom stereocenters. The summed E-state index contributed by atoms with van der Waals surface area (Å²) < 4.78 is 13.2. The normalized spacial score (nSPS) is 16.7. The zero-order chi connectivity index (χ0) is 18.1. The lowest BCUT2D eigenvalue weighted by Crippen LogP contribution is -2.42. The second kappa shape index (κ2) is 7.05. The van der Waals surface area contributed by atoms with Crippen LogP contribution in [0, 0.1) is 13.8 Å². The molecule has 3 aromatic heterocycles. The molecule has 26 heavy (non-hydrogen) atoms. The predicted molar refractivity (Wildman–Crippen MR) is 96.0 cm³/mol. The van der Waals surface area contributed by atoms with Crippen molar-refractivity contribution in [3.05, 3.63) is 57.7 Å². The van der Waals surface area contributed by atoms with Crippen molar-refractivity contribution in [2.24, 2.45) is 0 Å². The molecule has 0 saturated heterocycles. The number of hydrogen-bond acceptors (Lipinski definition) is 6. The molecule has 1 unspecified atom stereocenters. The fraction of sp³-hybridized carbons (Fsp3) is 0.389. The third-order valence-electron chi connectivity index (χ3n) is 4.45. The second-order valence-corrected chi connectivity index (χ2v) is 7.47. The SMILES string of the molecule is Cc1nc(COCC2CN(C(=O)c3occc3C)Cc3ccnn32)cs1. The Morgan fingerprint density at radius 2 is 2.31 bits per heavy atom. The van der Waals surface area contributed by atoms with Crippen molar-refractivity contribution >= 4 is 17.2 Å². The molecule has 3 aromatic rings. The number of carbonyl (C=O) groups is 1. The van der Waals surface area contributed by atoms with E-state index in [-0.39, 0.29) is 11.9 Å². The highest BCUT2D eigenvalue weighted by atomic mass is 32.1. The molecule has 0 bridgehead atoms. The summed E-state index contributed by atoms with van der Waals surface area (Å²) in [5, 5.41) is 7.44. The van der Waals surface area contributed by atoms with E-state index in [9.17, 15) is 4.79 Å². The Labute approximate surface area is 155 Å². The standard InChI is InChI=1S/C18H20N4O3S/c1-12-4-6-25-17(12)18(23)21-7-15-3-5-19-22(15)16(8-21)10-24-9-14-11-26-13(2)20-14/h3-6,11,16H,7-10H2,1-2H3. The molecular weight excluding hydrogens is 352 g/mol. The third kappa shape index (κ3) is 3.30. The lowest BCUT2D eigenvalue weighted by molar-refractivity contribution is 0.0422. The van der Waals surface area contributed by atoms with Crippen LogP contribution >= 0.6 is 11.3 Å². The van der Waals surface area contributed by atoms with Gasteiger partial charge in [0, 0.05) is 23.7 Å². The topological polar surface area (TPSA) is 73.4 Å². The van der Waals surface area contributed by atoms with Gasteiger partial charge in [0.25, 0.3) is 5.91 Å². The number of aromatic nitrogens is 3. The maximum Gasteiger partial charge on any atom is 0.290 e. The first-order chi connectivity index (χ1) is 12.6. The van der Waals surface area contributed by atoms with Crippen LogP contribution in [0.1, 0.15) is 38.6 Å². The third-order valence-corrected chi connectivity index (χ3v) is 5.27. The lowest BCUT2D eigenvalue weighted by atomic mass is 10.1. The fourth-order valence-electron chi connectivity index (χ4n) is 3.18. The molecule has 8 heteroatoms. The zero-order valence-corrected chi connectivity index (χ0v) is 15.5. The number of aryl methyl sites for hydroxylation is 2. The fourth-order valence-corrected chi connectivity index (χ4v) is 3.77. The zero-order valence-electron chi connectivity index (χ0n) is 14.7. The largest absolute Gasteiger partial charge is 0.459 e. The molecule has 136 valence electrons. The molecule has 0 fully saturated rings. The highest BCUT2D eigenvalue weighted by Gasteiger charge is 2.31. The van der Waals surface area contributed by atoms with Gasteiger partial charge in [-0.1, -0.05) is 0 Å². The van der Waals surface area contributed by atoms with Crippen LogP contribution < -0.4 is 0 Å². The Kier molecular flexibility index (Phi) is 4.60. The molecule has 4 heterocycles. The molecule has 0 N–H and O–H groups in total. The molecule has 0 aliphatic carbocycles. The quantitative estimate of drug-likeness (QED) is 0.688. The second-order valence-electron chi connectivity index (χ2n) is 6.41. The van der Waals surface area contributed by atoms with Gasteiger partial charge in [-0.05, 0) is 26.0 Å². The minimum Gasteiger partial charge on any atom is -0.459 e. The molecule has 1 amide bonds. The highest BCUT2D eigenvalue weighted by molar-refractivity contribution is 7.09. The van der Waals surface area contributed by atoms with Crippen molar-refractivity contribution in [2.75, 3.05) is 13.2 Å². The van der Waals surface area contributed by atoms with E-state index in [0.717, 1.165) is 22.0 Å². The Morgan fingerprint density at radius 3 is 3.04 bits per heavy atom. The summed E-state index contributed by atoms with van der Waals surface area (Å²) in [5.41, 5.74) is 2.77. The van der Waals surface area contributed by atoms with E-state index < -0.39 is 0 Å². The molecule has 1 aliphatic rings. The van der Waals surface area contributed by atoms with Gasteiger partial charge in [-0.25, -0.2) is 4.98 Å². The number of carbonyl (C=O) groups excluding carboxylic acids is 1. The lowest BCUT2D eigenvalue weighted by Gasteiger charge is -2.33. The first-order valence-corrected chi connectivity index (χ1v) is 9.34. The van der Waals surface area contributed by atoms with Gasteiger partial charge < -0.3 is 14.1 Å². The predicted octanol–water partition coefficient (Wildman–Crippen LogP) is 2.96. The van der Waals surface area contributed by atoms with E-state index in [4.69, 9.17) is 9.15 Å². The van der Waals surface area contributed by atoms with Gasteiger partial charge >= 0.3 is 0 Å². The number of fused-ring (bicyclic) bond motifs is 1. The number of furan rings is 1. The van der Waals surface area contributed by atoms with Crippen LogP contribution in [0.25, 0.3) is 0 Å². The van der Waals surface area contributed by atoms with Crippen LogP contribution in [-0.4, -0.2) is 38.7 Å². The monoisotopic (exact) mass is 372 g/mol. The summed E-state index contributed by atoms with van der Waals surface area (Å²) in [6.07, 6.45) is 3.31. The van der Waals surface area contributed by atoms with Gasteiger partial charge in [-0.3, -0.25) is 9.48 Å². The van der Waals surface area contributed by atoms with E-state index in [1.165, 1.54) is 0 Å². The molecule has 0 radical (unpaired) electrons. The average Bonchev–Trinajstić information content (AvgIpc) is 3.35. The number of nitrogens with zero attached hydrogens (tertiary/aromatic N) is 4. The number of ether oxygens (including phenoxy) is 1. The highest BCUT2D eigenvalue weighted by Crippen LogP contribution is 2.24. The first-order valence-electron chi connectivity index (χ1n) is 8.46. The maximum absolute atomic E-state index is 12.8. The Hall–Kier alpha value is -2.45. The summed E-state index contributed by atoms with van der Waals surface area (Å²) in [5.74, 6) is 0.302. The van der Waals surface area contributed by atoms with Crippen molar-refractivity contribution in [1.82, 2.24) is 19.7 Å². The Balaban J connectivity index is 1.46. The number of rotatable bonds is 5. The molecule has 7 nitrogen and oxygen atoms in total. The molecule has 0 saturated carbocycles. The van der Waals surface area contributed by atoms with Gasteiger partial charge in [0.15, 0.2) is 5.76 Å². The van der Waals surface area contributed by atoms with Crippen molar-refractivity contribution in [3.63, 3.8) is 0 Å². The van der Waals surface area contributed by atoms with E-state index in [1.807, 2.05) is 30.0 Å². The average molecular weight is 372 g/mol. The van der Waals surface area contributed by atoms with Gasteiger partial charge in [-0.15, -0.1) is 11.3 Å². The van der Waals surface area contributed by atoms with Crippen LogP contribution in [0.3, 0.4) is 0 Å². The van der Waals surface area contributed by atoms with Crippen molar-refractivity contribution in [1.29, 1.82) is 0 Å². The van der Waals surface area contributed by atoms with Crippen LogP contribution in [0.15, 0.2) is 34.4 Å². The minimum atomic E-state index is -0.0972. The molecular formula is C18H20N4O3S. The number of hydrogen-bond donors (Lipinski definition) is 0. The van der Waals surface area contributed by atoms with Gasteiger partial charge in [-0.2, -0.15) is 5.10 Å². The van der Waals surface area contributed by atoms with E-state index >= 15 is 0 Å². The van der Waals surface area contributed by atoms with Gasteiger partial charge in [0.2, 0.25) is 0 Å². The van der Waals surface area contributed by atoms with Gasteiger partial charge in [0.1, 0.15) is 0 Å². The van der Waals surface area contributed by atoms with Crippen molar-refractivity contribution < 1.29 is 13.9 Å². The summed E-state index contributed by atoms with van der Waals surface area (Å²) >= 11 is 1.61. The van der Waals surface area contributed by atoms with E-state index in [1.54, 1.807) is 34.8 Å². The molecule has 1 aliphatic heterocycles. The van der Waals surface area contributed by atoms with Crippen molar-refractivity contribution in [3.8, 4) is 0 Å². The van der Waals surface area contributed by atoms with Crippen LogP contribution in [0.5, 0.6) is 0 Å². The van der Waals surface area contributed by atoms with Crippen LogP contribution in [0.2, 0.25) is 0 Å². The first kappa shape index (κ1) is 17.0. The van der Waals surface area contributed by atoms with Crippen LogP contribution in [-0.2, 0) is 17.9 Å². The Morgan fingerprint density at radius 1 is 1.42 bits per heavy atom.